The largest absolute Gasteiger partial charge is 0.678 e. The van der Waals surface area contributed by atoms with E-state index in [-0.39, 0.29) is 0 Å². The molecule has 0 heterocycles. The molecule has 6 heteroatoms. The van der Waals surface area contributed by atoms with Crippen molar-refractivity contribution in [2.45, 2.75) is 0 Å². The minimum Gasteiger partial charge on any atom is -0.400 e. The maximum Gasteiger partial charge on any atom is 0.678 e. The monoisotopic (exact) mass is 184 g/mol. The zero-order chi connectivity index (χ0) is 9.33. The molecule has 0 rings (SSSR count). The van der Waals surface area contributed by atoms with Gasteiger partial charge < -0.3 is 22.8 Å². The van der Waals surface area contributed by atoms with Crippen LogP contribution >= 0.6 is 0 Å². The summed E-state index contributed by atoms with van der Waals surface area (Å²) in [6.45, 7) is 0. The molecule has 0 radical (unpaired) electrons. The summed E-state index contributed by atoms with van der Waals surface area (Å²) in [4.78, 5) is 0. The third-order valence-electron chi connectivity index (χ3n) is 1.00. The fraction of sp³-hybridized carbons (Fsp3) is 1.00. The number of aliphatic hydroxyl groups excluding tert-OH is 1. The second kappa shape index (κ2) is 8.12. The minimum atomic E-state index is -2.69. The standard InChI is InChI=1S/C4H12O4Si.CH4O/c1-5-9(6-2,7-3)8-4;1-2/h1-4H3;2H,1H3. The summed E-state index contributed by atoms with van der Waals surface area (Å²) >= 11 is 0. The molecule has 0 aliphatic rings. The Morgan fingerprint density at radius 3 is 0.909 bits per heavy atom. The first-order chi connectivity index (χ1) is 5.24. The quantitative estimate of drug-likeness (QED) is 0.603. The van der Waals surface area contributed by atoms with E-state index in [4.69, 9.17) is 22.8 Å². The van der Waals surface area contributed by atoms with Crippen LogP contribution < -0.4 is 0 Å². The highest BCUT2D eigenvalue weighted by Crippen LogP contribution is 2.04. The molecule has 0 amide bonds. The first-order valence-corrected chi connectivity index (χ1v) is 4.53. The Morgan fingerprint density at radius 2 is 0.909 bits per heavy atom. The Balaban J connectivity index is 0. The molecule has 0 spiro atoms. The lowest BCUT2D eigenvalue weighted by Gasteiger charge is -2.19. The zero-order valence-electron chi connectivity index (χ0n) is 7.58. The predicted molar refractivity (Wildman–Crippen MR) is 41.9 cm³/mol. The predicted octanol–water partition coefficient (Wildman–Crippen LogP) is -0.384. The average molecular weight is 184 g/mol. The molecule has 0 fully saturated rings. The summed E-state index contributed by atoms with van der Waals surface area (Å²) < 4.78 is 19.4. The van der Waals surface area contributed by atoms with Crippen molar-refractivity contribution >= 4 is 9.05 Å². The lowest BCUT2D eigenvalue weighted by atomic mass is 11.8. The molecule has 5 nitrogen and oxygen atoms in total. The van der Waals surface area contributed by atoms with Gasteiger partial charge in [-0.1, -0.05) is 0 Å². The number of rotatable bonds is 4. The summed E-state index contributed by atoms with van der Waals surface area (Å²) in [6.07, 6.45) is 0. The second-order valence-corrected chi connectivity index (χ2v) is 3.95. The van der Waals surface area contributed by atoms with Crippen molar-refractivity contribution < 1.29 is 22.8 Å². The highest BCUT2D eigenvalue weighted by atomic mass is 28.4. The molecule has 1 N–H and O–H groups in total. The van der Waals surface area contributed by atoms with Crippen molar-refractivity contribution in [3.63, 3.8) is 0 Å². The summed E-state index contributed by atoms with van der Waals surface area (Å²) in [7, 11) is 4.26. The number of hydrogen-bond donors (Lipinski definition) is 1. The highest BCUT2D eigenvalue weighted by molar-refractivity contribution is 6.53. The summed E-state index contributed by atoms with van der Waals surface area (Å²) in [5.74, 6) is 0. The smallest absolute Gasteiger partial charge is 0.400 e. The van der Waals surface area contributed by atoms with Gasteiger partial charge in [0.1, 0.15) is 0 Å². The van der Waals surface area contributed by atoms with Gasteiger partial charge in [-0.15, -0.1) is 0 Å². The molecule has 70 valence electrons. The molecular formula is C5H16O5Si. The third kappa shape index (κ3) is 4.46. The normalized spacial score (nSPS) is 10.4. The van der Waals surface area contributed by atoms with E-state index in [0.29, 0.717) is 0 Å². The van der Waals surface area contributed by atoms with Gasteiger partial charge in [0.15, 0.2) is 0 Å². The Bertz CT molecular complexity index is 57.8. The van der Waals surface area contributed by atoms with Gasteiger partial charge in [-0.25, -0.2) is 0 Å². The first-order valence-electron chi connectivity index (χ1n) is 2.90. The van der Waals surface area contributed by atoms with Gasteiger partial charge in [-0.2, -0.15) is 0 Å². The van der Waals surface area contributed by atoms with Crippen molar-refractivity contribution in [2.75, 3.05) is 35.5 Å². The highest BCUT2D eigenvalue weighted by Gasteiger charge is 2.40. The van der Waals surface area contributed by atoms with Crippen LogP contribution in [0.3, 0.4) is 0 Å². The van der Waals surface area contributed by atoms with E-state index in [1.165, 1.54) is 28.4 Å². The van der Waals surface area contributed by atoms with E-state index in [9.17, 15) is 0 Å². The van der Waals surface area contributed by atoms with Crippen LogP contribution in [0, 0.1) is 0 Å². The summed E-state index contributed by atoms with van der Waals surface area (Å²) in [6, 6.07) is 0. The molecule has 0 aliphatic carbocycles. The van der Waals surface area contributed by atoms with Crippen LogP contribution in [0.1, 0.15) is 0 Å². The van der Waals surface area contributed by atoms with Gasteiger partial charge in [0.25, 0.3) is 0 Å². The topological polar surface area (TPSA) is 57.2 Å². The fourth-order valence-corrected chi connectivity index (χ4v) is 1.50. The zero-order valence-corrected chi connectivity index (χ0v) is 8.58. The van der Waals surface area contributed by atoms with Crippen LogP contribution in [0.4, 0.5) is 0 Å². The van der Waals surface area contributed by atoms with Crippen molar-refractivity contribution in [3.8, 4) is 0 Å². The maximum atomic E-state index is 7.00. The molecule has 0 atom stereocenters. The van der Waals surface area contributed by atoms with Gasteiger partial charge in [0, 0.05) is 35.5 Å². The first kappa shape index (κ1) is 13.6. The van der Waals surface area contributed by atoms with Gasteiger partial charge in [0.05, 0.1) is 0 Å². The van der Waals surface area contributed by atoms with E-state index in [1.54, 1.807) is 0 Å². The van der Waals surface area contributed by atoms with Crippen molar-refractivity contribution in [1.29, 1.82) is 0 Å². The van der Waals surface area contributed by atoms with Crippen LogP contribution in [0.25, 0.3) is 0 Å². The van der Waals surface area contributed by atoms with Crippen molar-refractivity contribution in [1.82, 2.24) is 0 Å². The fourth-order valence-electron chi connectivity index (χ4n) is 0.500. The Kier molecular flexibility index (Phi) is 10.0. The average Bonchev–Trinajstić information content (AvgIpc) is 2.13. The third-order valence-corrected chi connectivity index (χ3v) is 3.00. The van der Waals surface area contributed by atoms with Crippen molar-refractivity contribution in [3.05, 3.63) is 0 Å². The Morgan fingerprint density at radius 1 is 0.727 bits per heavy atom. The van der Waals surface area contributed by atoms with Crippen molar-refractivity contribution in [2.24, 2.45) is 0 Å². The molecule has 0 unspecified atom stereocenters. The molecule has 0 bridgehead atoms. The van der Waals surface area contributed by atoms with Gasteiger partial charge in [-0.3, -0.25) is 0 Å². The minimum absolute atomic E-state index is 1.00. The van der Waals surface area contributed by atoms with Gasteiger partial charge >= 0.3 is 9.05 Å². The van der Waals surface area contributed by atoms with Crippen LogP contribution in [0.5, 0.6) is 0 Å². The molecule has 0 aromatic heterocycles. The molecule has 11 heavy (non-hydrogen) atoms. The van der Waals surface area contributed by atoms with E-state index in [1.807, 2.05) is 0 Å². The van der Waals surface area contributed by atoms with Crippen LogP contribution in [-0.4, -0.2) is 49.7 Å². The van der Waals surface area contributed by atoms with Crippen LogP contribution in [0.15, 0.2) is 0 Å². The summed E-state index contributed by atoms with van der Waals surface area (Å²) in [5.41, 5.74) is 0. The molecule has 0 aromatic carbocycles. The molecule has 0 saturated heterocycles. The molecule has 0 aromatic rings. The van der Waals surface area contributed by atoms with Crippen LogP contribution in [0.2, 0.25) is 0 Å². The van der Waals surface area contributed by atoms with Crippen LogP contribution in [-0.2, 0) is 17.7 Å². The maximum absolute atomic E-state index is 7.00. The van der Waals surface area contributed by atoms with Gasteiger partial charge in [0.2, 0.25) is 0 Å². The molecule has 0 aliphatic heterocycles. The lowest BCUT2D eigenvalue weighted by Crippen LogP contribution is -2.45. The molecular weight excluding hydrogens is 168 g/mol. The van der Waals surface area contributed by atoms with E-state index in [2.05, 4.69) is 0 Å². The lowest BCUT2D eigenvalue weighted by molar-refractivity contribution is 0.0226. The SMILES string of the molecule is CO.CO[Si](OC)(OC)OC. The van der Waals surface area contributed by atoms with E-state index < -0.39 is 9.05 Å². The number of hydrogen-bond acceptors (Lipinski definition) is 5. The van der Waals surface area contributed by atoms with E-state index in [0.717, 1.165) is 7.11 Å². The summed E-state index contributed by atoms with van der Waals surface area (Å²) in [5, 5.41) is 7.00. The second-order valence-electron chi connectivity index (χ2n) is 1.32. The molecule has 0 saturated carbocycles. The van der Waals surface area contributed by atoms with Gasteiger partial charge in [-0.05, 0) is 0 Å². The number of aliphatic hydroxyl groups is 1. The Labute approximate surface area is 68.3 Å². The Hall–Kier alpha value is 0.0169. The van der Waals surface area contributed by atoms with E-state index >= 15 is 0 Å².